The van der Waals surface area contributed by atoms with Crippen molar-refractivity contribution in [3.05, 3.63) is 34.3 Å². The van der Waals surface area contributed by atoms with Crippen molar-refractivity contribution in [2.75, 3.05) is 26.3 Å². The molecule has 1 aromatic carbocycles. The number of nitrogens with one attached hydrogen (secondary N) is 1. The number of morpholine rings is 1. The fourth-order valence-corrected chi connectivity index (χ4v) is 2.50. The van der Waals surface area contributed by atoms with Gasteiger partial charge in [0.25, 0.3) is 5.91 Å². The number of carbonyl (C=O) groups excluding carboxylic acids is 2. The zero-order chi connectivity index (χ0) is 16.1. The van der Waals surface area contributed by atoms with Gasteiger partial charge in [-0.15, -0.1) is 0 Å². The van der Waals surface area contributed by atoms with E-state index in [-0.39, 0.29) is 26.3 Å². The van der Waals surface area contributed by atoms with Gasteiger partial charge in [0.2, 0.25) is 5.91 Å². The Morgan fingerprint density at radius 1 is 1.41 bits per heavy atom. The number of carboxylic acid groups (broad SMARTS) is 1. The molecule has 1 aliphatic heterocycles. The molecule has 1 atom stereocenters. The second-order valence-corrected chi connectivity index (χ2v) is 5.62. The van der Waals surface area contributed by atoms with Gasteiger partial charge in [-0.05, 0) is 18.2 Å². The molecular formula is C14H15BrN2O5. The van der Waals surface area contributed by atoms with Gasteiger partial charge in [-0.3, -0.25) is 9.59 Å². The molecule has 0 bridgehead atoms. The number of halogens is 1. The molecule has 0 aliphatic carbocycles. The first-order valence-electron chi connectivity index (χ1n) is 6.63. The highest BCUT2D eigenvalue weighted by atomic mass is 79.9. The van der Waals surface area contributed by atoms with E-state index in [9.17, 15) is 14.4 Å². The number of hydrogen-bond acceptors (Lipinski definition) is 4. The van der Waals surface area contributed by atoms with Crippen LogP contribution in [0.15, 0.2) is 28.7 Å². The maximum atomic E-state index is 12.1. The van der Waals surface area contributed by atoms with Gasteiger partial charge in [0.1, 0.15) is 0 Å². The van der Waals surface area contributed by atoms with Crippen molar-refractivity contribution < 1.29 is 24.2 Å². The lowest BCUT2D eigenvalue weighted by Crippen LogP contribution is -2.54. The van der Waals surface area contributed by atoms with Gasteiger partial charge in [-0.2, -0.15) is 0 Å². The van der Waals surface area contributed by atoms with Gasteiger partial charge in [0.05, 0.1) is 19.8 Å². The van der Waals surface area contributed by atoms with E-state index < -0.39 is 23.8 Å². The van der Waals surface area contributed by atoms with E-state index in [4.69, 9.17) is 9.84 Å². The van der Waals surface area contributed by atoms with Gasteiger partial charge in [-0.25, -0.2) is 4.79 Å². The third-order valence-electron chi connectivity index (χ3n) is 3.22. The lowest BCUT2D eigenvalue weighted by atomic mass is 10.2. The highest BCUT2D eigenvalue weighted by molar-refractivity contribution is 9.10. The zero-order valence-electron chi connectivity index (χ0n) is 11.6. The average Bonchev–Trinajstić information content (AvgIpc) is 2.52. The highest BCUT2D eigenvalue weighted by Crippen LogP contribution is 2.11. The molecule has 1 unspecified atom stereocenters. The second kappa shape index (κ2) is 7.37. The van der Waals surface area contributed by atoms with Crippen molar-refractivity contribution >= 4 is 33.7 Å². The third-order valence-corrected chi connectivity index (χ3v) is 3.71. The van der Waals surface area contributed by atoms with Gasteiger partial charge < -0.3 is 20.1 Å². The van der Waals surface area contributed by atoms with Crippen LogP contribution in [0.3, 0.4) is 0 Å². The lowest BCUT2D eigenvalue weighted by Gasteiger charge is -2.32. The van der Waals surface area contributed by atoms with Crippen LogP contribution in [0.25, 0.3) is 0 Å². The lowest BCUT2D eigenvalue weighted by molar-refractivity contribution is -0.157. The Bertz CT molecular complexity index is 592. The minimum Gasteiger partial charge on any atom is -0.480 e. The van der Waals surface area contributed by atoms with Crippen LogP contribution >= 0.6 is 15.9 Å². The van der Waals surface area contributed by atoms with Crippen LogP contribution in [-0.4, -0.2) is 60.1 Å². The van der Waals surface area contributed by atoms with E-state index in [0.29, 0.717) is 5.56 Å². The maximum absolute atomic E-state index is 12.1. The van der Waals surface area contributed by atoms with Crippen molar-refractivity contribution in [3.63, 3.8) is 0 Å². The van der Waals surface area contributed by atoms with Gasteiger partial charge in [0, 0.05) is 16.6 Å². The topological polar surface area (TPSA) is 95.9 Å². The summed E-state index contributed by atoms with van der Waals surface area (Å²) in [7, 11) is 0. The molecule has 2 amide bonds. The molecule has 0 saturated carbocycles. The number of carbonyl (C=O) groups is 3. The molecule has 118 valence electrons. The van der Waals surface area contributed by atoms with Crippen LogP contribution in [0, 0.1) is 0 Å². The quantitative estimate of drug-likeness (QED) is 0.803. The summed E-state index contributed by atoms with van der Waals surface area (Å²) in [6, 6.07) is 5.74. The van der Waals surface area contributed by atoms with Gasteiger partial charge >= 0.3 is 5.97 Å². The van der Waals surface area contributed by atoms with E-state index in [1.165, 1.54) is 4.90 Å². The van der Waals surface area contributed by atoms with Crippen LogP contribution in [0.2, 0.25) is 0 Å². The van der Waals surface area contributed by atoms with E-state index in [1.807, 2.05) is 0 Å². The van der Waals surface area contributed by atoms with Crippen molar-refractivity contribution in [1.29, 1.82) is 0 Å². The normalized spacial score (nSPS) is 17.9. The first kappa shape index (κ1) is 16.4. The Labute approximate surface area is 135 Å². The molecule has 1 heterocycles. The summed E-state index contributed by atoms with van der Waals surface area (Å²) in [5.74, 6) is -1.96. The Morgan fingerprint density at radius 2 is 2.18 bits per heavy atom. The van der Waals surface area contributed by atoms with E-state index in [1.54, 1.807) is 24.3 Å². The van der Waals surface area contributed by atoms with Crippen molar-refractivity contribution in [2.45, 2.75) is 6.04 Å². The van der Waals surface area contributed by atoms with Crippen molar-refractivity contribution in [1.82, 2.24) is 10.2 Å². The Balaban J connectivity index is 1.94. The number of rotatable bonds is 4. The molecule has 0 aromatic heterocycles. The molecule has 22 heavy (non-hydrogen) atoms. The summed E-state index contributed by atoms with van der Waals surface area (Å²) in [6.07, 6.45) is 0. The SMILES string of the molecule is O=C(NCC(=O)N1CCOCC1C(=O)O)c1cccc(Br)c1. The summed E-state index contributed by atoms with van der Waals surface area (Å²) in [6.45, 7) is 0.188. The van der Waals surface area contributed by atoms with Crippen LogP contribution < -0.4 is 5.32 Å². The predicted molar refractivity (Wildman–Crippen MR) is 80.4 cm³/mol. The fraction of sp³-hybridized carbons (Fsp3) is 0.357. The zero-order valence-corrected chi connectivity index (χ0v) is 13.2. The summed E-state index contributed by atoms with van der Waals surface area (Å²) >= 11 is 3.26. The van der Waals surface area contributed by atoms with Crippen LogP contribution in [0.5, 0.6) is 0 Å². The van der Waals surface area contributed by atoms with Crippen molar-refractivity contribution in [3.8, 4) is 0 Å². The number of amides is 2. The first-order valence-corrected chi connectivity index (χ1v) is 7.42. The number of ether oxygens (including phenoxy) is 1. The molecule has 1 saturated heterocycles. The van der Waals surface area contributed by atoms with Crippen LogP contribution in [0.4, 0.5) is 0 Å². The molecule has 0 spiro atoms. The largest absolute Gasteiger partial charge is 0.480 e. The minimum absolute atomic E-state index is 0.0410. The van der Waals surface area contributed by atoms with E-state index >= 15 is 0 Å². The van der Waals surface area contributed by atoms with Gasteiger partial charge in [-0.1, -0.05) is 22.0 Å². The number of hydrogen-bond donors (Lipinski definition) is 2. The monoisotopic (exact) mass is 370 g/mol. The number of nitrogens with zero attached hydrogens (tertiary/aromatic N) is 1. The van der Waals surface area contributed by atoms with Gasteiger partial charge in [0.15, 0.2) is 6.04 Å². The molecule has 2 rings (SSSR count). The first-order chi connectivity index (χ1) is 10.5. The smallest absolute Gasteiger partial charge is 0.328 e. The Hall–Kier alpha value is -1.93. The Morgan fingerprint density at radius 3 is 2.86 bits per heavy atom. The Kier molecular flexibility index (Phi) is 5.51. The molecule has 0 radical (unpaired) electrons. The standard InChI is InChI=1S/C14H15BrN2O5/c15-10-3-1-2-9(6-10)13(19)16-7-12(18)17-4-5-22-8-11(17)14(20)21/h1-3,6,11H,4-5,7-8H2,(H,16,19)(H,20,21). The molecule has 1 aliphatic rings. The number of benzene rings is 1. The van der Waals surface area contributed by atoms with Crippen LogP contribution in [-0.2, 0) is 14.3 Å². The molecule has 1 fully saturated rings. The number of aliphatic carboxylic acids is 1. The summed E-state index contributed by atoms with van der Waals surface area (Å²) < 4.78 is 5.82. The molecule has 2 N–H and O–H groups in total. The fourth-order valence-electron chi connectivity index (χ4n) is 2.10. The average molecular weight is 371 g/mol. The summed E-state index contributed by atoms with van der Waals surface area (Å²) in [5.41, 5.74) is 0.416. The summed E-state index contributed by atoms with van der Waals surface area (Å²) in [5, 5.41) is 11.6. The van der Waals surface area contributed by atoms with E-state index in [2.05, 4.69) is 21.2 Å². The van der Waals surface area contributed by atoms with E-state index in [0.717, 1.165) is 4.47 Å². The third kappa shape index (κ3) is 4.05. The highest BCUT2D eigenvalue weighted by Gasteiger charge is 2.32. The molecule has 1 aromatic rings. The van der Waals surface area contributed by atoms with Crippen molar-refractivity contribution in [2.24, 2.45) is 0 Å². The predicted octanol–water partition coefficient (Wildman–Crippen LogP) is 0.491. The summed E-state index contributed by atoms with van der Waals surface area (Å²) in [4.78, 5) is 36.4. The maximum Gasteiger partial charge on any atom is 0.328 e. The second-order valence-electron chi connectivity index (χ2n) is 4.71. The molecule has 8 heteroatoms. The minimum atomic E-state index is -1.12. The molecular weight excluding hydrogens is 356 g/mol. The number of carboxylic acids is 1. The van der Waals surface area contributed by atoms with Crippen LogP contribution in [0.1, 0.15) is 10.4 Å². The molecule has 7 nitrogen and oxygen atoms in total.